The van der Waals surface area contributed by atoms with E-state index in [2.05, 4.69) is 22.8 Å². The molecule has 3 heterocycles. The molecule has 0 unspecified atom stereocenters. The van der Waals surface area contributed by atoms with Crippen molar-refractivity contribution in [1.82, 2.24) is 14.9 Å². The summed E-state index contributed by atoms with van der Waals surface area (Å²) in [5, 5.41) is 7.83. The Hall–Kier alpha value is -1.74. The second kappa shape index (κ2) is 7.11. The lowest BCUT2D eigenvalue weighted by Gasteiger charge is -2.15. The van der Waals surface area contributed by atoms with Gasteiger partial charge in [-0.15, -0.1) is 11.3 Å². The fourth-order valence-electron chi connectivity index (χ4n) is 3.45. The highest BCUT2D eigenvalue weighted by molar-refractivity contribution is 7.89. The lowest BCUT2D eigenvalue weighted by Crippen LogP contribution is -2.30. The number of fused-ring (bicyclic) bond motifs is 1. The molecule has 2 N–H and O–H groups in total. The lowest BCUT2D eigenvalue weighted by atomic mass is 10.1. The lowest BCUT2D eigenvalue weighted by molar-refractivity contribution is 0.0952. The smallest absolute Gasteiger partial charge is 0.263 e. The number of hydrogen-bond donors (Lipinski definition) is 2. The summed E-state index contributed by atoms with van der Waals surface area (Å²) in [6.45, 7) is 3.17. The monoisotopic (exact) mass is 391 g/mol. The molecular formula is C18H21N3O3S2. The van der Waals surface area contributed by atoms with Gasteiger partial charge >= 0.3 is 0 Å². The molecule has 6 nitrogen and oxygen atoms in total. The Morgan fingerprint density at radius 3 is 2.73 bits per heavy atom. The molecule has 2 aliphatic heterocycles. The SMILES string of the molecule is O=C(NCc1ccc2c(c1)CNC2)c1sccc1S(=O)(=O)N1CCCC1. The molecule has 138 valence electrons. The Balaban J connectivity index is 1.48. The zero-order valence-corrected chi connectivity index (χ0v) is 16.0. The van der Waals surface area contributed by atoms with Crippen molar-refractivity contribution in [2.75, 3.05) is 13.1 Å². The van der Waals surface area contributed by atoms with Crippen molar-refractivity contribution >= 4 is 27.3 Å². The molecule has 0 saturated carbocycles. The minimum absolute atomic E-state index is 0.125. The van der Waals surface area contributed by atoms with E-state index in [1.165, 1.54) is 32.8 Å². The van der Waals surface area contributed by atoms with Crippen LogP contribution in [0.3, 0.4) is 0 Å². The minimum atomic E-state index is -3.59. The topological polar surface area (TPSA) is 78.5 Å². The Labute approximate surface area is 157 Å². The van der Waals surface area contributed by atoms with Crippen LogP contribution in [0.5, 0.6) is 0 Å². The van der Waals surface area contributed by atoms with Crippen molar-refractivity contribution in [2.24, 2.45) is 0 Å². The molecule has 1 fully saturated rings. The average molecular weight is 392 g/mol. The summed E-state index contributed by atoms with van der Waals surface area (Å²) < 4.78 is 27.0. The van der Waals surface area contributed by atoms with Crippen LogP contribution in [0.25, 0.3) is 0 Å². The zero-order chi connectivity index (χ0) is 18.1. The van der Waals surface area contributed by atoms with Gasteiger partial charge in [0, 0.05) is 32.7 Å². The van der Waals surface area contributed by atoms with Crippen LogP contribution < -0.4 is 10.6 Å². The van der Waals surface area contributed by atoms with Gasteiger partial charge in [0.25, 0.3) is 5.91 Å². The number of benzene rings is 1. The summed E-state index contributed by atoms with van der Waals surface area (Å²) in [6.07, 6.45) is 1.75. The van der Waals surface area contributed by atoms with Crippen molar-refractivity contribution in [2.45, 2.75) is 37.4 Å². The third-order valence-corrected chi connectivity index (χ3v) is 7.86. The van der Waals surface area contributed by atoms with Gasteiger partial charge in [-0.25, -0.2) is 8.42 Å². The Bertz CT molecular complexity index is 931. The first-order valence-corrected chi connectivity index (χ1v) is 11.0. The van der Waals surface area contributed by atoms with Gasteiger partial charge in [0.15, 0.2) is 0 Å². The molecule has 2 aromatic rings. The van der Waals surface area contributed by atoms with Crippen LogP contribution in [-0.4, -0.2) is 31.7 Å². The molecule has 1 saturated heterocycles. The third-order valence-electron chi connectivity index (χ3n) is 4.87. The third kappa shape index (κ3) is 3.29. The molecular weight excluding hydrogens is 370 g/mol. The van der Waals surface area contributed by atoms with Crippen LogP contribution in [0.2, 0.25) is 0 Å². The highest BCUT2D eigenvalue weighted by Gasteiger charge is 2.31. The van der Waals surface area contributed by atoms with Gasteiger partial charge in [0.05, 0.1) is 0 Å². The minimum Gasteiger partial charge on any atom is -0.347 e. The highest BCUT2D eigenvalue weighted by atomic mass is 32.2. The maximum absolute atomic E-state index is 12.8. The molecule has 0 atom stereocenters. The van der Waals surface area contributed by atoms with Crippen LogP contribution >= 0.6 is 11.3 Å². The van der Waals surface area contributed by atoms with E-state index in [-0.39, 0.29) is 15.7 Å². The molecule has 8 heteroatoms. The molecule has 2 aliphatic rings. The van der Waals surface area contributed by atoms with E-state index in [1.54, 1.807) is 5.38 Å². The van der Waals surface area contributed by atoms with E-state index in [1.807, 2.05) is 6.07 Å². The highest BCUT2D eigenvalue weighted by Crippen LogP contribution is 2.27. The standard InChI is InChI=1S/C18H21N3O3S2/c22-18(20-10-13-3-4-14-11-19-12-15(14)9-13)17-16(5-8-25-17)26(23,24)21-6-1-2-7-21/h3-5,8-9,19H,1-2,6-7,10-12H2,(H,20,22). The Morgan fingerprint density at radius 2 is 1.92 bits per heavy atom. The number of carbonyl (C=O) groups excluding carboxylic acids is 1. The van der Waals surface area contributed by atoms with E-state index in [0.717, 1.165) is 31.5 Å². The predicted molar refractivity (Wildman–Crippen MR) is 100 cm³/mol. The summed E-state index contributed by atoms with van der Waals surface area (Å²) in [5.74, 6) is -0.337. The predicted octanol–water partition coefficient (Wildman–Crippen LogP) is 2.07. The summed E-state index contributed by atoms with van der Waals surface area (Å²) in [5.41, 5.74) is 3.56. The van der Waals surface area contributed by atoms with Crippen LogP contribution in [-0.2, 0) is 29.7 Å². The van der Waals surface area contributed by atoms with E-state index < -0.39 is 10.0 Å². The molecule has 0 aliphatic carbocycles. The van der Waals surface area contributed by atoms with E-state index in [4.69, 9.17) is 0 Å². The normalized spacial score (nSPS) is 17.4. The summed E-state index contributed by atoms with van der Waals surface area (Å²) in [7, 11) is -3.59. The van der Waals surface area contributed by atoms with Gasteiger partial charge in [-0.2, -0.15) is 4.31 Å². The zero-order valence-electron chi connectivity index (χ0n) is 14.3. The molecule has 4 rings (SSSR count). The van der Waals surface area contributed by atoms with Crippen LogP contribution in [0.4, 0.5) is 0 Å². The first-order valence-electron chi connectivity index (χ1n) is 8.73. The maximum atomic E-state index is 12.8. The van der Waals surface area contributed by atoms with Crippen molar-refractivity contribution in [3.8, 4) is 0 Å². The second-order valence-electron chi connectivity index (χ2n) is 6.61. The van der Waals surface area contributed by atoms with Gasteiger partial charge in [-0.3, -0.25) is 4.79 Å². The molecule has 26 heavy (non-hydrogen) atoms. The van der Waals surface area contributed by atoms with Crippen LogP contribution in [0.15, 0.2) is 34.5 Å². The van der Waals surface area contributed by atoms with Crippen LogP contribution in [0.1, 0.15) is 39.2 Å². The number of rotatable bonds is 5. The second-order valence-corrected chi connectivity index (χ2v) is 9.44. The molecule has 1 aromatic carbocycles. The number of thiophene rings is 1. The van der Waals surface area contributed by atoms with Gasteiger partial charge in [0.1, 0.15) is 9.77 Å². The van der Waals surface area contributed by atoms with E-state index in [9.17, 15) is 13.2 Å². The fraction of sp³-hybridized carbons (Fsp3) is 0.389. The number of nitrogens with one attached hydrogen (secondary N) is 2. The molecule has 1 aromatic heterocycles. The number of nitrogens with zero attached hydrogens (tertiary/aromatic N) is 1. The number of carbonyl (C=O) groups is 1. The molecule has 1 amide bonds. The van der Waals surface area contributed by atoms with Gasteiger partial charge in [-0.05, 0) is 41.0 Å². The molecule has 0 radical (unpaired) electrons. The molecule has 0 spiro atoms. The van der Waals surface area contributed by atoms with Gasteiger partial charge in [-0.1, -0.05) is 18.2 Å². The van der Waals surface area contributed by atoms with Gasteiger partial charge < -0.3 is 10.6 Å². The van der Waals surface area contributed by atoms with Gasteiger partial charge in [0.2, 0.25) is 10.0 Å². The molecule has 0 bridgehead atoms. The van der Waals surface area contributed by atoms with Crippen molar-refractivity contribution in [3.05, 3.63) is 51.2 Å². The number of sulfonamides is 1. The van der Waals surface area contributed by atoms with E-state index >= 15 is 0 Å². The first-order chi connectivity index (χ1) is 12.6. The number of hydrogen-bond acceptors (Lipinski definition) is 5. The van der Waals surface area contributed by atoms with Crippen LogP contribution in [0, 0.1) is 0 Å². The summed E-state index contributed by atoms with van der Waals surface area (Å²) >= 11 is 1.17. The maximum Gasteiger partial charge on any atom is 0.263 e. The average Bonchev–Trinajstić information content (AvgIpc) is 3.40. The fourth-order valence-corrected chi connectivity index (χ4v) is 6.29. The Kier molecular flexibility index (Phi) is 4.83. The van der Waals surface area contributed by atoms with Crippen molar-refractivity contribution in [3.63, 3.8) is 0 Å². The summed E-state index contributed by atoms with van der Waals surface area (Å²) in [4.78, 5) is 13.0. The van der Waals surface area contributed by atoms with Crippen molar-refractivity contribution < 1.29 is 13.2 Å². The van der Waals surface area contributed by atoms with E-state index in [0.29, 0.717) is 19.6 Å². The van der Waals surface area contributed by atoms with Crippen molar-refractivity contribution in [1.29, 1.82) is 0 Å². The summed E-state index contributed by atoms with van der Waals surface area (Å²) in [6, 6.07) is 7.70. The largest absolute Gasteiger partial charge is 0.347 e. The Morgan fingerprint density at radius 1 is 1.15 bits per heavy atom. The quantitative estimate of drug-likeness (QED) is 0.818. The number of amides is 1. The first kappa shape index (κ1) is 17.7.